The molecule has 0 radical (unpaired) electrons. The van der Waals surface area contributed by atoms with Gasteiger partial charge in [0.05, 0.1) is 6.54 Å². The number of piperazine rings is 1. The van der Waals surface area contributed by atoms with Crippen LogP contribution in [0.25, 0.3) is 0 Å². The minimum absolute atomic E-state index is 0.264. The predicted molar refractivity (Wildman–Crippen MR) is 79.6 cm³/mol. The summed E-state index contributed by atoms with van der Waals surface area (Å²) in [6, 6.07) is 0.816. The van der Waals surface area contributed by atoms with Gasteiger partial charge in [-0.25, -0.2) is 0 Å². The van der Waals surface area contributed by atoms with Gasteiger partial charge in [-0.15, -0.1) is 0 Å². The second-order valence-corrected chi connectivity index (χ2v) is 6.76. The molecule has 2 aliphatic heterocycles. The van der Waals surface area contributed by atoms with Crippen LogP contribution in [0.2, 0.25) is 0 Å². The number of carbonyl (C=O) groups excluding carboxylic acids is 1. The Balaban J connectivity index is 1.44. The van der Waals surface area contributed by atoms with Crippen molar-refractivity contribution >= 4 is 5.91 Å². The Morgan fingerprint density at radius 2 is 1.85 bits per heavy atom. The van der Waals surface area contributed by atoms with Gasteiger partial charge in [0.15, 0.2) is 0 Å². The van der Waals surface area contributed by atoms with Crippen molar-refractivity contribution in [2.45, 2.75) is 31.7 Å². The smallest absolute Gasteiger partial charge is 0.236 e. The summed E-state index contributed by atoms with van der Waals surface area (Å²) in [5.41, 5.74) is 0.561. The lowest BCUT2D eigenvalue weighted by Gasteiger charge is -2.56. The highest BCUT2D eigenvalue weighted by atomic mass is 16.2. The third kappa shape index (κ3) is 2.85. The van der Waals surface area contributed by atoms with Crippen molar-refractivity contribution in [3.63, 3.8) is 0 Å². The summed E-state index contributed by atoms with van der Waals surface area (Å²) < 4.78 is 0. The highest BCUT2D eigenvalue weighted by Crippen LogP contribution is 2.50. The Hall–Kier alpha value is -0.650. The van der Waals surface area contributed by atoms with Crippen molar-refractivity contribution in [2.75, 3.05) is 52.9 Å². The third-order valence-electron chi connectivity index (χ3n) is 5.51. The number of amides is 1. The minimum Gasteiger partial charge on any atom is -0.342 e. The van der Waals surface area contributed by atoms with Crippen LogP contribution in [-0.4, -0.2) is 74.6 Å². The van der Waals surface area contributed by atoms with E-state index in [0.29, 0.717) is 12.0 Å². The van der Waals surface area contributed by atoms with E-state index in [0.717, 1.165) is 32.2 Å². The van der Waals surface area contributed by atoms with Crippen LogP contribution >= 0.6 is 0 Å². The van der Waals surface area contributed by atoms with E-state index in [4.69, 9.17) is 0 Å². The van der Waals surface area contributed by atoms with Crippen LogP contribution in [0, 0.1) is 5.41 Å². The Bertz CT molecular complexity index is 338. The van der Waals surface area contributed by atoms with Crippen molar-refractivity contribution in [1.29, 1.82) is 0 Å². The molecule has 5 nitrogen and oxygen atoms in total. The molecule has 2 saturated heterocycles. The van der Waals surface area contributed by atoms with Gasteiger partial charge in [-0.2, -0.15) is 0 Å². The van der Waals surface area contributed by atoms with Crippen molar-refractivity contribution in [2.24, 2.45) is 5.41 Å². The average molecular weight is 280 g/mol. The highest BCUT2D eigenvalue weighted by Gasteiger charge is 2.48. The molecule has 1 aliphatic carbocycles. The fourth-order valence-corrected chi connectivity index (χ4v) is 4.15. The molecule has 1 saturated carbocycles. The van der Waals surface area contributed by atoms with Gasteiger partial charge in [-0.3, -0.25) is 9.69 Å². The fraction of sp³-hybridized carbons (Fsp3) is 0.933. The molecule has 0 atom stereocenters. The van der Waals surface area contributed by atoms with Crippen molar-refractivity contribution in [3.05, 3.63) is 0 Å². The molecule has 0 bridgehead atoms. The summed E-state index contributed by atoms with van der Waals surface area (Å²) in [7, 11) is 1.84. The van der Waals surface area contributed by atoms with Gasteiger partial charge in [0.1, 0.15) is 0 Å². The van der Waals surface area contributed by atoms with Gasteiger partial charge in [0.25, 0.3) is 0 Å². The molecule has 1 spiro atoms. The SMILES string of the molecule is CNCC(=O)N1CCC2(CC1)CC(N1CCNCC1)C2. The molecular weight excluding hydrogens is 252 g/mol. The molecule has 3 aliphatic rings. The van der Waals surface area contributed by atoms with Crippen molar-refractivity contribution in [1.82, 2.24) is 20.4 Å². The van der Waals surface area contributed by atoms with E-state index in [1.54, 1.807) is 0 Å². The lowest BCUT2D eigenvalue weighted by atomic mass is 9.60. The molecule has 2 heterocycles. The normalized spacial score (nSPS) is 27.6. The topological polar surface area (TPSA) is 47.6 Å². The second-order valence-electron chi connectivity index (χ2n) is 6.76. The molecule has 0 aromatic rings. The zero-order valence-electron chi connectivity index (χ0n) is 12.7. The lowest BCUT2D eigenvalue weighted by Crippen LogP contribution is -2.59. The van der Waals surface area contributed by atoms with Crippen LogP contribution in [0.1, 0.15) is 25.7 Å². The first-order valence-corrected chi connectivity index (χ1v) is 8.10. The summed E-state index contributed by atoms with van der Waals surface area (Å²) in [5, 5.41) is 6.39. The zero-order valence-corrected chi connectivity index (χ0v) is 12.7. The van der Waals surface area contributed by atoms with Crippen LogP contribution in [0.3, 0.4) is 0 Å². The van der Waals surface area contributed by atoms with E-state index in [2.05, 4.69) is 15.5 Å². The predicted octanol–water partition coefficient (Wildman–Crippen LogP) is -0.118. The Kier molecular flexibility index (Phi) is 4.29. The van der Waals surface area contributed by atoms with E-state index >= 15 is 0 Å². The van der Waals surface area contributed by atoms with Crippen LogP contribution in [-0.2, 0) is 4.79 Å². The Morgan fingerprint density at radius 3 is 2.45 bits per heavy atom. The van der Waals surface area contributed by atoms with Crippen molar-refractivity contribution < 1.29 is 4.79 Å². The van der Waals surface area contributed by atoms with Gasteiger partial charge < -0.3 is 15.5 Å². The van der Waals surface area contributed by atoms with Crippen molar-refractivity contribution in [3.8, 4) is 0 Å². The van der Waals surface area contributed by atoms with Crippen LogP contribution in [0.15, 0.2) is 0 Å². The average Bonchev–Trinajstić information content (AvgIpc) is 2.46. The fourth-order valence-electron chi connectivity index (χ4n) is 4.15. The maximum atomic E-state index is 11.9. The molecule has 2 N–H and O–H groups in total. The Morgan fingerprint density at radius 1 is 1.20 bits per heavy atom. The van der Waals surface area contributed by atoms with Gasteiger partial charge >= 0.3 is 0 Å². The summed E-state index contributed by atoms with van der Waals surface area (Å²) in [6.07, 6.45) is 5.15. The molecule has 20 heavy (non-hydrogen) atoms. The summed E-state index contributed by atoms with van der Waals surface area (Å²) in [5.74, 6) is 0.264. The number of nitrogens with one attached hydrogen (secondary N) is 2. The number of likely N-dealkylation sites (N-methyl/N-ethyl adjacent to an activating group) is 1. The first-order chi connectivity index (χ1) is 9.72. The lowest BCUT2D eigenvalue weighted by molar-refractivity contribution is -0.134. The molecule has 114 valence electrons. The number of carbonyl (C=O) groups is 1. The third-order valence-corrected chi connectivity index (χ3v) is 5.51. The summed E-state index contributed by atoms with van der Waals surface area (Å²) in [4.78, 5) is 16.6. The van der Waals surface area contributed by atoms with Crippen LogP contribution < -0.4 is 10.6 Å². The summed E-state index contributed by atoms with van der Waals surface area (Å²) in [6.45, 7) is 7.15. The monoisotopic (exact) mass is 280 g/mol. The molecular formula is C15H28N4O. The molecule has 0 unspecified atom stereocenters. The van der Waals surface area contributed by atoms with Gasteiger partial charge in [0, 0.05) is 45.3 Å². The van der Waals surface area contributed by atoms with Gasteiger partial charge in [-0.05, 0) is 38.1 Å². The maximum absolute atomic E-state index is 11.9. The van der Waals surface area contributed by atoms with E-state index < -0.39 is 0 Å². The summed E-state index contributed by atoms with van der Waals surface area (Å²) >= 11 is 0. The van der Waals surface area contributed by atoms with E-state index in [1.807, 2.05) is 11.9 Å². The molecule has 3 fully saturated rings. The van der Waals surface area contributed by atoms with E-state index in [9.17, 15) is 4.79 Å². The first-order valence-electron chi connectivity index (χ1n) is 8.10. The minimum atomic E-state index is 0.264. The highest BCUT2D eigenvalue weighted by molar-refractivity contribution is 5.78. The van der Waals surface area contributed by atoms with Crippen LogP contribution in [0.4, 0.5) is 0 Å². The quantitative estimate of drug-likeness (QED) is 0.757. The standard InChI is InChI=1S/C15H28N4O/c1-16-12-14(20)19-6-2-15(3-7-19)10-13(11-15)18-8-4-17-5-9-18/h13,16-17H,2-12H2,1H3. The largest absolute Gasteiger partial charge is 0.342 e. The molecule has 1 amide bonds. The number of likely N-dealkylation sites (tertiary alicyclic amines) is 1. The van der Waals surface area contributed by atoms with Crippen LogP contribution in [0.5, 0.6) is 0 Å². The molecule has 3 rings (SSSR count). The Labute approximate surface area is 122 Å². The second kappa shape index (κ2) is 6.00. The molecule has 0 aromatic heterocycles. The number of rotatable bonds is 3. The maximum Gasteiger partial charge on any atom is 0.236 e. The number of nitrogens with zero attached hydrogens (tertiary/aromatic N) is 2. The number of hydrogen-bond donors (Lipinski definition) is 2. The zero-order chi connectivity index (χ0) is 14.0. The van der Waals surface area contributed by atoms with Gasteiger partial charge in [-0.1, -0.05) is 0 Å². The van der Waals surface area contributed by atoms with E-state index in [-0.39, 0.29) is 5.91 Å². The van der Waals surface area contributed by atoms with E-state index in [1.165, 1.54) is 38.8 Å². The number of hydrogen-bond acceptors (Lipinski definition) is 4. The molecule has 0 aromatic carbocycles. The van der Waals surface area contributed by atoms with Gasteiger partial charge in [0.2, 0.25) is 5.91 Å². The number of piperidine rings is 1. The first kappa shape index (κ1) is 14.3. The molecule has 5 heteroatoms.